The van der Waals surface area contributed by atoms with Gasteiger partial charge in [-0.25, -0.2) is 41.3 Å². The van der Waals surface area contributed by atoms with Gasteiger partial charge in [-0.05, 0) is 43.2 Å². The predicted molar refractivity (Wildman–Crippen MR) is 141 cm³/mol. The zero-order valence-electron chi connectivity index (χ0n) is 21.1. The summed E-state index contributed by atoms with van der Waals surface area (Å²) in [5.41, 5.74) is 2.20. The molecule has 0 unspecified atom stereocenters. The SMILES string of the molecule is Cc1cc(C#N)nc(N2CCN(S(=O)(=O)c3ccc4c(c3)CCN4C(=O)c3cncn3NS(C)(=O)=O)CC2)n1. The van der Waals surface area contributed by atoms with Crippen molar-refractivity contribution >= 4 is 37.6 Å². The number of fused-ring (bicyclic) bond motifs is 1. The van der Waals surface area contributed by atoms with Crippen molar-refractivity contribution in [2.24, 2.45) is 0 Å². The lowest BCUT2D eigenvalue weighted by molar-refractivity contribution is 0.0982. The fourth-order valence-electron chi connectivity index (χ4n) is 4.62. The van der Waals surface area contributed by atoms with Crippen molar-refractivity contribution < 1.29 is 21.6 Å². The highest BCUT2D eigenvalue weighted by Crippen LogP contribution is 2.32. The average Bonchev–Trinajstić information content (AvgIpc) is 3.53. The van der Waals surface area contributed by atoms with Crippen LogP contribution < -0.4 is 14.6 Å². The molecule has 2 aliphatic rings. The molecular weight excluding hydrogens is 546 g/mol. The van der Waals surface area contributed by atoms with E-state index in [1.165, 1.54) is 27.8 Å². The Morgan fingerprint density at radius 2 is 1.79 bits per heavy atom. The molecule has 0 atom stereocenters. The van der Waals surface area contributed by atoms with Gasteiger partial charge in [0.1, 0.15) is 23.8 Å². The Balaban J connectivity index is 1.31. The molecular formula is C23H25N9O5S2. The summed E-state index contributed by atoms with van der Waals surface area (Å²) in [7, 11) is -7.44. The minimum Gasteiger partial charge on any atom is -0.338 e. The molecule has 1 amide bonds. The highest BCUT2D eigenvalue weighted by atomic mass is 32.2. The van der Waals surface area contributed by atoms with E-state index < -0.39 is 26.0 Å². The van der Waals surface area contributed by atoms with E-state index in [9.17, 15) is 26.9 Å². The van der Waals surface area contributed by atoms with Crippen LogP contribution in [0.1, 0.15) is 27.4 Å². The Labute approximate surface area is 225 Å². The summed E-state index contributed by atoms with van der Waals surface area (Å²) in [6, 6.07) is 8.25. The van der Waals surface area contributed by atoms with Crippen molar-refractivity contribution in [1.29, 1.82) is 5.26 Å². The molecule has 1 saturated heterocycles. The second kappa shape index (κ2) is 9.91. The van der Waals surface area contributed by atoms with Gasteiger partial charge in [-0.15, -0.1) is 0 Å². The Hall–Kier alpha value is -4.07. The largest absolute Gasteiger partial charge is 0.338 e. The molecule has 1 aromatic carbocycles. The maximum Gasteiger partial charge on any atom is 0.278 e. The number of hydrogen-bond donors (Lipinski definition) is 1. The fourth-order valence-corrected chi connectivity index (χ4v) is 6.60. The Kier molecular flexibility index (Phi) is 6.74. The van der Waals surface area contributed by atoms with Crippen LogP contribution in [0.4, 0.5) is 11.6 Å². The Morgan fingerprint density at radius 3 is 2.49 bits per heavy atom. The predicted octanol–water partition coefficient (Wildman–Crippen LogP) is 0.0701. The van der Waals surface area contributed by atoms with Gasteiger partial charge in [0, 0.05) is 44.1 Å². The third-order valence-electron chi connectivity index (χ3n) is 6.43. The van der Waals surface area contributed by atoms with Gasteiger partial charge in [-0.2, -0.15) is 9.57 Å². The van der Waals surface area contributed by atoms with Crippen LogP contribution in [0.2, 0.25) is 0 Å². The maximum absolute atomic E-state index is 13.4. The Bertz CT molecular complexity index is 1710. The number of amides is 1. The summed E-state index contributed by atoms with van der Waals surface area (Å²) in [4.78, 5) is 31.3. The minimum atomic E-state index is -3.80. The molecule has 1 fully saturated rings. The average molecular weight is 572 g/mol. The van der Waals surface area contributed by atoms with Crippen molar-refractivity contribution in [2.45, 2.75) is 18.2 Å². The van der Waals surface area contributed by atoms with Crippen LogP contribution in [0, 0.1) is 18.3 Å². The van der Waals surface area contributed by atoms with Crippen LogP contribution in [0.25, 0.3) is 0 Å². The third kappa shape index (κ3) is 5.28. The van der Waals surface area contributed by atoms with E-state index in [2.05, 4.69) is 19.8 Å². The first-order valence-corrected chi connectivity index (χ1v) is 15.3. The number of carbonyl (C=O) groups excluding carboxylic acids is 1. The number of carbonyl (C=O) groups is 1. The fraction of sp³-hybridized carbons (Fsp3) is 0.348. The molecule has 0 radical (unpaired) electrons. The van der Waals surface area contributed by atoms with Gasteiger partial charge in [0.25, 0.3) is 5.91 Å². The van der Waals surface area contributed by atoms with Gasteiger partial charge in [-0.3, -0.25) is 4.79 Å². The lowest BCUT2D eigenvalue weighted by atomic mass is 10.2. The number of hydrogen-bond acceptors (Lipinski definition) is 10. The number of nitrogens with zero attached hydrogens (tertiary/aromatic N) is 8. The maximum atomic E-state index is 13.4. The van der Waals surface area contributed by atoms with Crippen molar-refractivity contribution in [2.75, 3.05) is 53.6 Å². The van der Waals surface area contributed by atoms with Crippen LogP contribution in [-0.4, -0.2) is 85.7 Å². The minimum absolute atomic E-state index is 0.0299. The van der Waals surface area contributed by atoms with Crippen LogP contribution in [0.15, 0.2) is 41.7 Å². The number of imidazole rings is 1. The molecule has 2 aliphatic heterocycles. The number of aryl methyl sites for hydroxylation is 1. The van der Waals surface area contributed by atoms with E-state index in [0.29, 0.717) is 48.9 Å². The van der Waals surface area contributed by atoms with Gasteiger partial charge in [0.05, 0.1) is 17.3 Å². The molecule has 0 bridgehead atoms. The summed E-state index contributed by atoms with van der Waals surface area (Å²) in [6.45, 7) is 3.27. The van der Waals surface area contributed by atoms with Gasteiger partial charge in [0.15, 0.2) is 0 Å². The van der Waals surface area contributed by atoms with E-state index in [1.807, 2.05) is 11.0 Å². The van der Waals surface area contributed by atoms with Crippen molar-refractivity contribution in [3.63, 3.8) is 0 Å². The molecule has 1 N–H and O–H groups in total. The second-order valence-electron chi connectivity index (χ2n) is 9.21. The lowest BCUT2D eigenvalue weighted by Crippen LogP contribution is -2.49. The number of benzene rings is 1. The molecule has 2 aromatic heterocycles. The molecule has 4 heterocycles. The molecule has 204 valence electrons. The van der Waals surface area contributed by atoms with Crippen molar-refractivity contribution in [3.8, 4) is 6.07 Å². The lowest BCUT2D eigenvalue weighted by Gasteiger charge is -2.34. The molecule has 0 aliphatic carbocycles. The monoisotopic (exact) mass is 571 g/mol. The van der Waals surface area contributed by atoms with Gasteiger partial charge >= 0.3 is 0 Å². The molecule has 0 saturated carbocycles. The smallest absolute Gasteiger partial charge is 0.278 e. The van der Waals surface area contributed by atoms with Crippen LogP contribution in [-0.2, 0) is 26.5 Å². The highest BCUT2D eigenvalue weighted by Gasteiger charge is 2.33. The number of rotatable bonds is 6. The second-order valence-corrected chi connectivity index (χ2v) is 12.9. The number of aromatic nitrogens is 4. The molecule has 14 nitrogen and oxygen atoms in total. The number of piperazine rings is 1. The van der Waals surface area contributed by atoms with Gasteiger partial charge in [0.2, 0.25) is 26.0 Å². The first-order valence-electron chi connectivity index (χ1n) is 11.9. The third-order valence-corrected chi connectivity index (χ3v) is 8.85. The summed E-state index contributed by atoms with van der Waals surface area (Å²) in [5, 5.41) is 9.18. The number of sulfonamides is 2. The molecule has 39 heavy (non-hydrogen) atoms. The standard InChI is InChI=1S/C23H25N9O5S2/c1-16-11-18(13-24)27-23(26-16)29-7-9-30(10-8-29)39(36,37)19-3-4-20-17(12-19)5-6-31(20)22(33)21-14-25-15-32(21)28-38(2,34)35/h3-4,11-12,14-15,28H,5-10H2,1-2H3. The van der Waals surface area contributed by atoms with Crippen LogP contribution in [0.5, 0.6) is 0 Å². The van der Waals surface area contributed by atoms with Gasteiger partial charge in [-0.1, -0.05) is 0 Å². The zero-order chi connectivity index (χ0) is 27.9. The number of nitrogens with one attached hydrogen (secondary N) is 1. The molecule has 0 spiro atoms. The van der Waals surface area contributed by atoms with Crippen molar-refractivity contribution in [3.05, 3.63) is 59.4 Å². The van der Waals surface area contributed by atoms with Crippen LogP contribution >= 0.6 is 0 Å². The van der Waals surface area contributed by atoms with Crippen LogP contribution in [0.3, 0.4) is 0 Å². The van der Waals surface area contributed by atoms with Gasteiger partial charge < -0.3 is 9.80 Å². The summed E-state index contributed by atoms with van der Waals surface area (Å²) < 4.78 is 52.6. The summed E-state index contributed by atoms with van der Waals surface area (Å²) >= 11 is 0. The number of anilines is 2. The molecule has 5 rings (SSSR count). The topological polar surface area (TPSA) is 174 Å². The van der Waals surface area contributed by atoms with E-state index in [-0.39, 0.29) is 29.4 Å². The summed E-state index contributed by atoms with van der Waals surface area (Å²) in [6.07, 6.45) is 3.86. The summed E-state index contributed by atoms with van der Waals surface area (Å²) in [5.74, 6) is -0.0639. The zero-order valence-corrected chi connectivity index (χ0v) is 22.8. The van der Waals surface area contributed by atoms with E-state index in [1.54, 1.807) is 25.1 Å². The Morgan fingerprint density at radius 1 is 1.05 bits per heavy atom. The first kappa shape index (κ1) is 26.5. The van der Waals surface area contributed by atoms with E-state index in [4.69, 9.17) is 0 Å². The molecule has 16 heteroatoms. The first-order chi connectivity index (χ1) is 18.5. The van der Waals surface area contributed by atoms with E-state index in [0.717, 1.165) is 10.9 Å². The normalized spacial score (nSPS) is 16.1. The number of nitriles is 1. The quantitative estimate of drug-likeness (QED) is 0.426. The van der Waals surface area contributed by atoms with E-state index >= 15 is 0 Å². The van der Waals surface area contributed by atoms with Crippen molar-refractivity contribution in [1.82, 2.24) is 23.9 Å². The highest BCUT2D eigenvalue weighted by molar-refractivity contribution is 7.91. The molecule has 3 aromatic rings.